The lowest BCUT2D eigenvalue weighted by atomic mass is 10.0. The molecule has 0 amide bonds. The lowest BCUT2D eigenvalue weighted by Gasteiger charge is -2.19. The molecule has 1 aromatic heterocycles. The van der Waals surface area contributed by atoms with Crippen molar-refractivity contribution in [3.8, 4) is 0 Å². The third-order valence-electron chi connectivity index (χ3n) is 3.44. The van der Waals surface area contributed by atoms with Crippen LogP contribution in [0.25, 0.3) is 0 Å². The summed E-state index contributed by atoms with van der Waals surface area (Å²) in [7, 11) is 0. The minimum atomic E-state index is -0.00388. The first kappa shape index (κ1) is 14.0. The van der Waals surface area contributed by atoms with Gasteiger partial charge in [0.1, 0.15) is 11.8 Å². The number of aryl methyl sites for hydroxylation is 1. The van der Waals surface area contributed by atoms with Crippen molar-refractivity contribution in [2.75, 3.05) is 5.32 Å². The quantitative estimate of drug-likeness (QED) is 0.672. The van der Waals surface area contributed by atoms with Crippen LogP contribution >= 0.6 is 15.9 Å². The van der Waals surface area contributed by atoms with Gasteiger partial charge in [0.05, 0.1) is 6.26 Å². The predicted molar refractivity (Wildman–Crippen MR) is 89.5 cm³/mol. The Labute approximate surface area is 132 Å². The molecule has 0 bridgehead atoms. The second-order valence-electron chi connectivity index (χ2n) is 4.97. The molecule has 1 N–H and O–H groups in total. The average molecular weight is 342 g/mol. The Morgan fingerprint density at radius 1 is 1.00 bits per heavy atom. The minimum Gasteiger partial charge on any atom is -0.467 e. The van der Waals surface area contributed by atoms with Crippen LogP contribution in [0.2, 0.25) is 0 Å². The van der Waals surface area contributed by atoms with Crippen LogP contribution in [0.3, 0.4) is 0 Å². The van der Waals surface area contributed by atoms with Gasteiger partial charge in [-0.2, -0.15) is 0 Å². The van der Waals surface area contributed by atoms with Gasteiger partial charge in [-0.15, -0.1) is 0 Å². The summed E-state index contributed by atoms with van der Waals surface area (Å²) in [4.78, 5) is 0. The zero-order valence-electron chi connectivity index (χ0n) is 11.7. The zero-order valence-corrected chi connectivity index (χ0v) is 13.3. The Balaban J connectivity index is 1.95. The summed E-state index contributed by atoms with van der Waals surface area (Å²) in [6.45, 7) is 2.08. The highest BCUT2D eigenvalue weighted by atomic mass is 79.9. The van der Waals surface area contributed by atoms with Gasteiger partial charge in [0.15, 0.2) is 0 Å². The molecule has 1 heterocycles. The third kappa shape index (κ3) is 3.19. The predicted octanol–water partition coefficient (Wildman–Crippen LogP) is 5.55. The van der Waals surface area contributed by atoms with Crippen LogP contribution in [0, 0.1) is 6.92 Å². The second-order valence-corrected chi connectivity index (χ2v) is 5.82. The SMILES string of the molecule is Cc1ccc(NC(c2ccccc2)c2ccco2)cc1Br. The molecular weight excluding hydrogens is 326 g/mol. The summed E-state index contributed by atoms with van der Waals surface area (Å²) in [6.07, 6.45) is 1.71. The molecule has 1 atom stereocenters. The summed E-state index contributed by atoms with van der Waals surface area (Å²) in [5, 5.41) is 3.54. The van der Waals surface area contributed by atoms with Crippen molar-refractivity contribution in [3.05, 3.63) is 88.3 Å². The zero-order chi connectivity index (χ0) is 14.7. The fourth-order valence-electron chi connectivity index (χ4n) is 2.27. The minimum absolute atomic E-state index is 0.00388. The largest absolute Gasteiger partial charge is 0.467 e. The number of halogens is 1. The van der Waals surface area contributed by atoms with E-state index < -0.39 is 0 Å². The second kappa shape index (κ2) is 6.19. The van der Waals surface area contributed by atoms with Crippen molar-refractivity contribution in [2.45, 2.75) is 13.0 Å². The number of hydrogen-bond acceptors (Lipinski definition) is 2. The van der Waals surface area contributed by atoms with E-state index in [0.29, 0.717) is 0 Å². The van der Waals surface area contributed by atoms with Crippen LogP contribution in [0.1, 0.15) is 22.9 Å². The fourth-order valence-corrected chi connectivity index (χ4v) is 2.65. The maximum absolute atomic E-state index is 5.60. The molecule has 0 radical (unpaired) electrons. The van der Waals surface area contributed by atoms with Gasteiger partial charge in [-0.1, -0.05) is 52.3 Å². The fraction of sp³-hybridized carbons (Fsp3) is 0.111. The van der Waals surface area contributed by atoms with Gasteiger partial charge >= 0.3 is 0 Å². The third-order valence-corrected chi connectivity index (χ3v) is 4.30. The summed E-state index contributed by atoms with van der Waals surface area (Å²) < 4.78 is 6.70. The molecule has 1 unspecified atom stereocenters. The molecule has 0 aliphatic carbocycles. The highest BCUT2D eigenvalue weighted by molar-refractivity contribution is 9.10. The maximum Gasteiger partial charge on any atom is 0.130 e. The molecule has 21 heavy (non-hydrogen) atoms. The molecular formula is C18H16BrNO. The molecule has 0 spiro atoms. The lowest BCUT2D eigenvalue weighted by molar-refractivity contribution is 0.499. The van der Waals surface area contributed by atoms with E-state index in [0.717, 1.165) is 15.9 Å². The molecule has 3 aromatic rings. The van der Waals surface area contributed by atoms with Crippen LogP contribution in [0.5, 0.6) is 0 Å². The topological polar surface area (TPSA) is 25.2 Å². The Hall–Kier alpha value is -2.00. The monoisotopic (exact) mass is 341 g/mol. The average Bonchev–Trinajstić information content (AvgIpc) is 3.03. The summed E-state index contributed by atoms with van der Waals surface area (Å²) in [5.41, 5.74) is 3.44. The number of hydrogen-bond donors (Lipinski definition) is 1. The highest BCUT2D eigenvalue weighted by Crippen LogP contribution is 2.29. The molecule has 0 saturated carbocycles. The van der Waals surface area contributed by atoms with E-state index in [4.69, 9.17) is 4.42 Å². The summed E-state index contributed by atoms with van der Waals surface area (Å²) >= 11 is 3.58. The van der Waals surface area contributed by atoms with Crippen LogP contribution in [0.15, 0.2) is 75.8 Å². The van der Waals surface area contributed by atoms with Crippen LogP contribution in [0.4, 0.5) is 5.69 Å². The number of nitrogens with one attached hydrogen (secondary N) is 1. The Morgan fingerprint density at radius 2 is 1.81 bits per heavy atom. The number of benzene rings is 2. The first-order valence-corrected chi connectivity index (χ1v) is 7.64. The van der Waals surface area contributed by atoms with Gasteiger partial charge in [0.2, 0.25) is 0 Å². The van der Waals surface area contributed by atoms with Gasteiger partial charge in [-0.3, -0.25) is 0 Å². The van der Waals surface area contributed by atoms with Gasteiger partial charge in [0.25, 0.3) is 0 Å². The highest BCUT2D eigenvalue weighted by Gasteiger charge is 2.16. The maximum atomic E-state index is 5.60. The van der Waals surface area contributed by atoms with Crippen LogP contribution < -0.4 is 5.32 Å². The molecule has 106 valence electrons. The van der Waals surface area contributed by atoms with E-state index in [9.17, 15) is 0 Å². The van der Waals surface area contributed by atoms with E-state index >= 15 is 0 Å². The van der Waals surface area contributed by atoms with Crippen molar-refractivity contribution < 1.29 is 4.42 Å². The van der Waals surface area contributed by atoms with Gasteiger partial charge < -0.3 is 9.73 Å². The Bertz CT molecular complexity index is 707. The number of furan rings is 1. The molecule has 0 saturated heterocycles. The van der Waals surface area contributed by atoms with E-state index in [-0.39, 0.29) is 6.04 Å². The van der Waals surface area contributed by atoms with Crippen LogP contribution in [-0.2, 0) is 0 Å². The Morgan fingerprint density at radius 3 is 2.48 bits per heavy atom. The summed E-state index contributed by atoms with van der Waals surface area (Å²) in [5.74, 6) is 0.901. The van der Waals surface area contributed by atoms with Crippen molar-refractivity contribution in [2.24, 2.45) is 0 Å². The molecule has 0 aliphatic heterocycles. The number of rotatable bonds is 4. The lowest BCUT2D eigenvalue weighted by Crippen LogP contribution is -2.11. The molecule has 2 nitrogen and oxygen atoms in total. The normalized spacial score (nSPS) is 12.1. The standard InChI is InChI=1S/C18H16BrNO/c1-13-9-10-15(12-16(13)19)20-18(17-8-5-11-21-17)14-6-3-2-4-7-14/h2-12,18,20H,1H3. The van der Waals surface area contributed by atoms with Crippen molar-refractivity contribution >= 4 is 21.6 Å². The molecule has 0 aliphatic rings. The molecule has 0 fully saturated rings. The first-order valence-electron chi connectivity index (χ1n) is 6.85. The van der Waals surface area contributed by atoms with Crippen molar-refractivity contribution in [3.63, 3.8) is 0 Å². The van der Waals surface area contributed by atoms with Gasteiger partial charge in [0, 0.05) is 10.2 Å². The van der Waals surface area contributed by atoms with Gasteiger partial charge in [-0.05, 0) is 42.3 Å². The smallest absolute Gasteiger partial charge is 0.130 e. The van der Waals surface area contributed by atoms with Crippen molar-refractivity contribution in [1.82, 2.24) is 0 Å². The Kier molecular flexibility index (Phi) is 4.11. The number of anilines is 1. The van der Waals surface area contributed by atoms with Gasteiger partial charge in [-0.25, -0.2) is 0 Å². The van der Waals surface area contributed by atoms with E-state index in [2.05, 4.69) is 58.5 Å². The molecule has 3 heteroatoms. The molecule has 3 rings (SSSR count). The summed E-state index contributed by atoms with van der Waals surface area (Å²) in [6, 6.07) is 20.5. The van der Waals surface area contributed by atoms with E-state index in [1.54, 1.807) is 6.26 Å². The van der Waals surface area contributed by atoms with Crippen molar-refractivity contribution in [1.29, 1.82) is 0 Å². The molecule has 2 aromatic carbocycles. The van der Waals surface area contributed by atoms with Crippen LogP contribution in [-0.4, -0.2) is 0 Å². The first-order chi connectivity index (χ1) is 10.2. The van der Waals surface area contributed by atoms with E-state index in [1.807, 2.05) is 30.3 Å². The van der Waals surface area contributed by atoms with E-state index in [1.165, 1.54) is 11.1 Å².